The van der Waals surface area contributed by atoms with Gasteiger partial charge in [0.15, 0.2) is 0 Å². The number of carbonyl (C=O) groups excluding carboxylic acids is 1. The van der Waals surface area contributed by atoms with E-state index in [9.17, 15) is 18.0 Å². The van der Waals surface area contributed by atoms with Gasteiger partial charge in [-0.15, -0.1) is 0 Å². The standard InChI is InChI=1S/C13H14F3NO3/c1-8-10(4-5-11(17-8)13(14,15)16)12(18)20-7-9-3-2-6-19-9/h4-5,9H,2-3,6-7H2,1H3/t9-/m0/s1. The number of carbonyl (C=O) groups is 1. The Morgan fingerprint density at radius 3 is 2.80 bits per heavy atom. The van der Waals surface area contributed by atoms with Gasteiger partial charge in [0.25, 0.3) is 0 Å². The van der Waals surface area contributed by atoms with Crippen LogP contribution in [0.5, 0.6) is 0 Å². The smallest absolute Gasteiger partial charge is 0.433 e. The molecule has 0 aromatic carbocycles. The molecular formula is C13H14F3NO3. The summed E-state index contributed by atoms with van der Waals surface area (Å²) in [6.45, 7) is 2.10. The molecule has 7 heteroatoms. The van der Waals surface area contributed by atoms with Gasteiger partial charge < -0.3 is 9.47 Å². The number of alkyl halides is 3. The molecule has 0 radical (unpaired) electrons. The van der Waals surface area contributed by atoms with Crippen molar-refractivity contribution in [2.75, 3.05) is 13.2 Å². The molecule has 4 nitrogen and oxygen atoms in total. The average molecular weight is 289 g/mol. The first kappa shape index (κ1) is 14.8. The van der Waals surface area contributed by atoms with Crippen LogP contribution in [-0.2, 0) is 15.7 Å². The van der Waals surface area contributed by atoms with E-state index < -0.39 is 17.8 Å². The van der Waals surface area contributed by atoms with Gasteiger partial charge in [-0.1, -0.05) is 0 Å². The van der Waals surface area contributed by atoms with Gasteiger partial charge in [-0.25, -0.2) is 9.78 Å². The maximum absolute atomic E-state index is 12.5. The molecule has 1 aromatic heterocycles. The highest BCUT2D eigenvalue weighted by atomic mass is 19.4. The number of hydrogen-bond donors (Lipinski definition) is 0. The van der Waals surface area contributed by atoms with E-state index >= 15 is 0 Å². The molecule has 1 saturated heterocycles. The van der Waals surface area contributed by atoms with E-state index in [2.05, 4.69) is 4.98 Å². The third-order valence-corrected chi connectivity index (χ3v) is 3.02. The molecule has 1 aromatic rings. The van der Waals surface area contributed by atoms with Crippen LogP contribution in [0.2, 0.25) is 0 Å². The van der Waals surface area contributed by atoms with Crippen molar-refractivity contribution in [3.63, 3.8) is 0 Å². The average Bonchev–Trinajstić information content (AvgIpc) is 2.87. The number of halogens is 3. The summed E-state index contributed by atoms with van der Waals surface area (Å²) in [5, 5.41) is 0. The highest BCUT2D eigenvalue weighted by molar-refractivity contribution is 5.90. The summed E-state index contributed by atoms with van der Waals surface area (Å²) in [6.07, 6.45) is -2.91. The fraction of sp³-hybridized carbons (Fsp3) is 0.538. The summed E-state index contributed by atoms with van der Waals surface area (Å²) in [4.78, 5) is 15.2. The second kappa shape index (κ2) is 5.78. The van der Waals surface area contributed by atoms with Crippen molar-refractivity contribution in [1.29, 1.82) is 0 Å². The van der Waals surface area contributed by atoms with Crippen molar-refractivity contribution in [3.05, 3.63) is 29.1 Å². The Kier molecular flexibility index (Phi) is 4.27. The lowest BCUT2D eigenvalue weighted by Gasteiger charge is -2.12. The van der Waals surface area contributed by atoms with Crippen LogP contribution in [0, 0.1) is 6.92 Å². The van der Waals surface area contributed by atoms with Gasteiger partial charge in [-0.2, -0.15) is 13.2 Å². The molecule has 110 valence electrons. The lowest BCUT2D eigenvalue weighted by Crippen LogP contribution is -2.19. The van der Waals surface area contributed by atoms with Gasteiger partial charge in [-0.3, -0.25) is 0 Å². The molecule has 0 N–H and O–H groups in total. The Morgan fingerprint density at radius 1 is 1.50 bits per heavy atom. The minimum atomic E-state index is -4.52. The van der Waals surface area contributed by atoms with Crippen molar-refractivity contribution < 1.29 is 27.4 Å². The van der Waals surface area contributed by atoms with Crippen molar-refractivity contribution in [3.8, 4) is 0 Å². The van der Waals surface area contributed by atoms with E-state index in [1.54, 1.807) is 0 Å². The molecule has 0 amide bonds. The summed E-state index contributed by atoms with van der Waals surface area (Å²) in [5.74, 6) is -0.681. The van der Waals surface area contributed by atoms with Gasteiger partial charge in [0.2, 0.25) is 0 Å². The first-order chi connectivity index (χ1) is 9.38. The third kappa shape index (κ3) is 3.47. The Morgan fingerprint density at radius 2 is 2.25 bits per heavy atom. The summed E-state index contributed by atoms with van der Waals surface area (Å²) >= 11 is 0. The van der Waals surface area contributed by atoms with E-state index in [1.807, 2.05) is 0 Å². The Bertz CT molecular complexity index is 496. The molecule has 1 aliphatic rings. The number of pyridine rings is 1. The van der Waals surface area contributed by atoms with Crippen LogP contribution in [0.15, 0.2) is 12.1 Å². The Labute approximate surface area is 113 Å². The second-order valence-electron chi connectivity index (χ2n) is 4.56. The van der Waals surface area contributed by atoms with E-state index in [1.165, 1.54) is 6.92 Å². The molecule has 0 aliphatic carbocycles. The quantitative estimate of drug-likeness (QED) is 0.803. The Balaban J connectivity index is 2.02. The lowest BCUT2D eigenvalue weighted by atomic mass is 10.2. The molecule has 0 bridgehead atoms. The zero-order chi connectivity index (χ0) is 14.8. The van der Waals surface area contributed by atoms with Crippen LogP contribution >= 0.6 is 0 Å². The molecule has 20 heavy (non-hydrogen) atoms. The fourth-order valence-electron chi connectivity index (χ4n) is 1.96. The summed E-state index contributed by atoms with van der Waals surface area (Å²) in [5.41, 5.74) is -0.987. The number of aryl methyl sites for hydroxylation is 1. The second-order valence-corrected chi connectivity index (χ2v) is 4.56. The van der Waals surface area contributed by atoms with Crippen molar-refractivity contribution in [2.45, 2.75) is 32.0 Å². The molecule has 0 saturated carbocycles. The highest BCUT2D eigenvalue weighted by Crippen LogP contribution is 2.28. The van der Waals surface area contributed by atoms with E-state index in [0.717, 1.165) is 25.0 Å². The highest BCUT2D eigenvalue weighted by Gasteiger charge is 2.33. The molecular weight excluding hydrogens is 275 g/mol. The van der Waals surface area contributed by atoms with Crippen LogP contribution in [0.1, 0.15) is 34.6 Å². The molecule has 1 aliphatic heterocycles. The molecule has 1 atom stereocenters. The molecule has 1 fully saturated rings. The van der Waals surface area contributed by atoms with E-state index in [-0.39, 0.29) is 24.0 Å². The summed E-state index contributed by atoms with van der Waals surface area (Å²) in [7, 11) is 0. The maximum atomic E-state index is 12.5. The van der Waals surface area contributed by atoms with Gasteiger partial charge in [0.05, 0.1) is 17.4 Å². The topological polar surface area (TPSA) is 48.4 Å². The van der Waals surface area contributed by atoms with Gasteiger partial charge in [0, 0.05) is 6.61 Å². The third-order valence-electron chi connectivity index (χ3n) is 3.02. The number of esters is 1. The fourth-order valence-corrected chi connectivity index (χ4v) is 1.96. The summed E-state index contributed by atoms with van der Waals surface area (Å²) in [6, 6.07) is 1.86. The normalized spacial score (nSPS) is 19.1. The minimum Gasteiger partial charge on any atom is -0.459 e. The number of ether oxygens (including phenoxy) is 2. The molecule has 2 rings (SSSR count). The molecule has 2 heterocycles. The number of nitrogens with zero attached hydrogens (tertiary/aromatic N) is 1. The number of rotatable bonds is 3. The van der Waals surface area contributed by atoms with Crippen LogP contribution in [0.25, 0.3) is 0 Å². The molecule has 0 unspecified atom stereocenters. The zero-order valence-electron chi connectivity index (χ0n) is 10.9. The predicted octanol–water partition coefficient (Wildman–Crippen LogP) is 2.74. The SMILES string of the molecule is Cc1nc(C(F)(F)F)ccc1C(=O)OC[C@@H]1CCCO1. The monoisotopic (exact) mass is 289 g/mol. The predicted molar refractivity (Wildman–Crippen MR) is 63.2 cm³/mol. The van der Waals surface area contributed by atoms with Crippen LogP contribution < -0.4 is 0 Å². The minimum absolute atomic E-state index is 0.00262. The van der Waals surface area contributed by atoms with Crippen LogP contribution in [0.3, 0.4) is 0 Å². The first-order valence-electron chi connectivity index (χ1n) is 6.21. The van der Waals surface area contributed by atoms with Crippen molar-refractivity contribution in [1.82, 2.24) is 4.98 Å². The van der Waals surface area contributed by atoms with E-state index in [4.69, 9.17) is 9.47 Å². The lowest BCUT2D eigenvalue weighted by molar-refractivity contribution is -0.141. The van der Waals surface area contributed by atoms with Crippen LogP contribution in [-0.4, -0.2) is 30.3 Å². The number of hydrogen-bond acceptors (Lipinski definition) is 4. The number of aromatic nitrogens is 1. The van der Waals surface area contributed by atoms with Gasteiger partial charge in [0.1, 0.15) is 12.3 Å². The van der Waals surface area contributed by atoms with E-state index in [0.29, 0.717) is 6.61 Å². The van der Waals surface area contributed by atoms with Crippen molar-refractivity contribution in [2.24, 2.45) is 0 Å². The maximum Gasteiger partial charge on any atom is 0.433 e. The molecule has 0 spiro atoms. The van der Waals surface area contributed by atoms with Crippen molar-refractivity contribution >= 4 is 5.97 Å². The zero-order valence-corrected chi connectivity index (χ0v) is 10.9. The Hall–Kier alpha value is -1.63. The summed E-state index contributed by atoms with van der Waals surface area (Å²) < 4.78 is 47.7. The van der Waals surface area contributed by atoms with Crippen LogP contribution in [0.4, 0.5) is 13.2 Å². The largest absolute Gasteiger partial charge is 0.459 e. The van der Waals surface area contributed by atoms with Gasteiger partial charge in [-0.05, 0) is 31.9 Å². The first-order valence-corrected chi connectivity index (χ1v) is 6.21. The van der Waals surface area contributed by atoms with Gasteiger partial charge >= 0.3 is 12.1 Å².